The van der Waals surface area contributed by atoms with Gasteiger partial charge >= 0.3 is 5.97 Å². The van der Waals surface area contributed by atoms with Gasteiger partial charge in [0.15, 0.2) is 5.13 Å². The van der Waals surface area contributed by atoms with Crippen molar-refractivity contribution in [3.05, 3.63) is 48.0 Å². The van der Waals surface area contributed by atoms with E-state index in [0.29, 0.717) is 17.9 Å². The number of aromatic nitrogens is 1. The average molecular weight is 440 g/mol. The van der Waals surface area contributed by atoms with Crippen LogP contribution in [0, 0.1) is 5.92 Å². The molecule has 0 unspecified atom stereocenters. The smallest absolute Gasteiger partial charge is 0.338 e. The van der Waals surface area contributed by atoms with E-state index in [1.807, 2.05) is 18.2 Å². The first-order chi connectivity index (χ1) is 15.1. The first kappa shape index (κ1) is 21.1. The zero-order valence-electron chi connectivity index (χ0n) is 17.6. The molecule has 1 N–H and O–H groups in total. The van der Waals surface area contributed by atoms with E-state index in [-0.39, 0.29) is 17.8 Å². The monoisotopic (exact) mass is 439 g/mol. The van der Waals surface area contributed by atoms with Gasteiger partial charge in [-0.3, -0.25) is 4.79 Å². The van der Waals surface area contributed by atoms with Crippen molar-refractivity contribution in [3.63, 3.8) is 0 Å². The minimum Gasteiger partial charge on any atom is -0.497 e. The summed E-state index contributed by atoms with van der Waals surface area (Å²) in [6.07, 6.45) is 1.54. The molecule has 2 aromatic carbocycles. The molecule has 0 spiro atoms. The number of thiazole rings is 1. The minimum absolute atomic E-state index is 0.0116. The maximum absolute atomic E-state index is 12.7. The van der Waals surface area contributed by atoms with Gasteiger partial charge in [-0.2, -0.15) is 0 Å². The lowest BCUT2D eigenvalue weighted by Gasteiger charge is -2.31. The Morgan fingerprint density at radius 1 is 1.16 bits per heavy atom. The van der Waals surface area contributed by atoms with Gasteiger partial charge in [-0.25, -0.2) is 9.78 Å². The number of nitrogens with zero attached hydrogens (tertiary/aromatic N) is 2. The number of hydrogen-bond acceptors (Lipinski definition) is 7. The molecule has 162 valence electrons. The highest BCUT2D eigenvalue weighted by Gasteiger charge is 2.26. The first-order valence-corrected chi connectivity index (χ1v) is 11.2. The summed E-state index contributed by atoms with van der Waals surface area (Å²) in [5.41, 5.74) is 2.12. The highest BCUT2D eigenvalue weighted by Crippen LogP contribution is 2.33. The van der Waals surface area contributed by atoms with Crippen LogP contribution in [-0.2, 0) is 9.53 Å². The van der Waals surface area contributed by atoms with Crippen LogP contribution in [0.1, 0.15) is 30.1 Å². The fraction of sp³-hybridized carbons (Fsp3) is 0.348. The largest absolute Gasteiger partial charge is 0.497 e. The van der Waals surface area contributed by atoms with Crippen LogP contribution in [0.2, 0.25) is 0 Å². The van der Waals surface area contributed by atoms with Gasteiger partial charge in [0.25, 0.3) is 0 Å². The van der Waals surface area contributed by atoms with Crippen LogP contribution >= 0.6 is 11.3 Å². The van der Waals surface area contributed by atoms with E-state index in [4.69, 9.17) is 14.5 Å². The van der Waals surface area contributed by atoms with Crippen molar-refractivity contribution in [2.45, 2.75) is 19.8 Å². The number of carbonyl (C=O) groups excluding carboxylic acids is 2. The number of ether oxygens (including phenoxy) is 2. The summed E-state index contributed by atoms with van der Waals surface area (Å²) in [6, 6.07) is 12.7. The van der Waals surface area contributed by atoms with Gasteiger partial charge in [-0.1, -0.05) is 11.3 Å². The highest BCUT2D eigenvalue weighted by molar-refractivity contribution is 7.22. The lowest BCUT2D eigenvalue weighted by molar-refractivity contribution is -0.120. The van der Waals surface area contributed by atoms with E-state index >= 15 is 0 Å². The minimum atomic E-state index is -0.360. The summed E-state index contributed by atoms with van der Waals surface area (Å²) in [7, 11) is 1.66. The molecule has 3 aromatic rings. The van der Waals surface area contributed by atoms with Crippen LogP contribution < -0.4 is 15.0 Å². The van der Waals surface area contributed by atoms with Crippen LogP contribution in [0.3, 0.4) is 0 Å². The second-order valence-electron chi connectivity index (χ2n) is 7.38. The summed E-state index contributed by atoms with van der Waals surface area (Å²) >= 11 is 1.65. The van der Waals surface area contributed by atoms with Crippen LogP contribution in [0.4, 0.5) is 10.8 Å². The third-order valence-corrected chi connectivity index (χ3v) is 6.46. The number of fused-ring (bicyclic) bond motifs is 1. The molecule has 7 nitrogen and oxygen atoms in total. The Balaban J connectivity index is 1.33. The van der Waals surface area contributed by atoms with Crippen LogP contribution in [0.15, 0.2) is 42.5 Å². The third kappa shape index (κ3) is 4.80. The first-order valence-electron chi connectivity index (χ1n) is 10.3. The normalized spacial score (nSPS) is 14.5. The Kier molecular flexibility index (Phi) is 6.36. The summed E-state index contributed by atoms with van der Waals surface area (Å²) in [5, 5.41) is 3.95. The molecule has 1 saturated heterocycles. The fourth-order valence-corrected chi connectivity index (χ4v) is 4.68. The molecule has 0 atom stereocenters. The van der Waals surface area contributed by atoms with Crippen molar-refractivity contribution in [2.75, 3.05) is 37.0 Å². The van der Waals surface area contributed by atoms with Crippen LogP contribution in [0.25, 0.3) is 10.2 Å². The molecule has 1 fully saturated rings. The van der Waals surface area contributed by atoms with Gasteiger partial charge in [0, 0.05) is 24.7 Å². The Hall–Kier alpha value is -3.13. The number of methoxy groups -OCH3 is 1. The van der Waals surface area contributed by atoms with Gasteiger partial charge in [0.05, 0.1) is 29.5 Å². The van der Waals surface area contributed by atoms with E-state index in [1.54, 1.807) is 49.6 Å². The van der Waals surface area contributed by atoms with Crippen LogP contribution in [0.5, 0.6) is 5.75 Å². The number of nitrogens with one attached hydrogen (secondary N) is 1. The van der Waals surface area contributed by atoms with Gasteiger partial charge < -0.3 is 19.7 Å². The molecule has 0 aliphatic carbocycles. The zero-order valence-corrected chi connectivity index (χ0v) is 18.4. The van der Waals surface area contributed by atoms with Gasteiger partial charge in [0.1, 0.15) is 5.75 Å². The van der Waals surface area contributed by atoms with Crippen molar-refractivity contribution in [1.29, 1.82) is 0 Å². The number of benzene rings is 2. The summed E-state index contributed by atoms with van der Waals surface area (Å²) in [6.45, 7) is 3.68. The third-order valence-electron chi connectivity index (χ3n) is 5.38. The van der Waals surface area contributed by atoms with E-state index in [9.17, 15) is 9.59 Å². The van der Waals surface area contributed by atoms with E-state index < -0.39 is 0 Å². The van der Waals surface area contributed by atoms with E-state index in [0.717, 1.165) is 47.0 Å². The number of esters is 1. The molecule has 2 heterocycles. The van der Waals surface area contributed by atoms with E-state index in [2.05, 4.69) is 10.2 Å². The number of hydrogen-bond donors (Lipinski definition) is 1. The molecule has 31 heavy (non-hydrogen) atoms. The fourth-order valence-electron chi connectivity index (χ4n) is 3.64. The summed E-state index contributed by atoms with van der Waals surface area (Å²) < 4.78 is 11.4. The number of anilines is 2. The Labute approximate surface area is 185 Å². The predicted octanol–water partition coefficient (Wildman–Crippen LogP) is 4.34. The summed E-state index contributed by atoms with van der Waals surface area (Å²) in [5.74, 6) is 0.433. The van der Waals surface area contributed by atoms with Gasteiger partial charge in [-0.05, 0) is 62.2 Å². The average Bonchev–Trinajstić information content (AvgIpc) is 3.23. The Morgan fingerprint density at radius 3 is 2.58 bits per heavy atom. The molecular formula is C23H25N3O4S. The number of piperidine rings is 1. The van der Waals surface area contributed by atoms with Gasteiger partial charge in [0.2, 0.25) is 5.91 Å². The molecule has 1 aromatic heterocycles. The molecule has 4 rings (SSSR count). The van der Waals surface area contributed by atoms with Crippen molar-refractivity contribution >= 4 is 44.2 Å². The second-order valence-corrected chi connectivity index (χ2v) is 8.39. The molecule has 1 aliphatic heterocycles. The number of amides is 1. The molecule has 0 saturated carbocycles. The maximum atomic E-state index is 12.7. The predicted molar refractivity (Wildman–Crippen MR) is 122 cm³/mol. The zero-order chi connectivity index (χ0) is 21.8. The molecule has 1 aliphatic rings. The lowest BCUT2D eigenvalue weighted by atomic mass is 9.96. The highest BCUT2D eigenvalue weighted by atomic mass is 32.1. The standard InChI is InChI=1S/C23H25N3O4S/c1-3-30-22(28)16-4-6-17(7-5-16)24-21(27)15-10-12-26(13-11-15)23-25-19-9-8-18(29-2)14-20(19)31-23/h4-9,14-15H,3,10-13H2,1-2H3,(H,24,27). The van der Waals surface area contributed by atoms with Crippen molar-refractivity contribution in [1.82, 2.24) is 4.98 Å². The molecule has 8 heteroatoms. The van der Waals surface area contributed by atoms with Crippen molar-refractivity contribution in [2.24, 2.45) is 5.92 Å². The second kappa shape index (κ2) is 9.34. The SMILES string of the molecule is CCOC(=O)c1ccc(NC(=O)C2CCN(c3nc4ccc(OC)cc4s3)CC2)cc1. The lowest BCUT2D eigenvalue weighted by Crippen LogP contribution is -2.38. The van der Waals surface area contributed by atoms with E-state index in [1.165, 1.54) is 0 Å². The number of rotatable bonds is 6. The number of carbonyl (C=O) groups is 2. The van der Waals surface area contributed by atoms with Gasteiger partial charge in [-0.15, -0.1) is 0 Å². The molecular weight excluding hydrogens is 414 g/mol. The van der Waals surface area contributed by atoms with Crippen molar-refractivity contribution < 1.29 is 19.1 Å². The molecule has 1 amide bonds. The Morgan fingerprint density at radius 2 is 1.90 bits per heavy atom. The molecule has 0 radical (unpaired) electrons. The summed E-state index contributed by atoms with van der Waals surface area (Å²) in [4.78, 5) is 31.4. The Bertz CT molecular complexity index is 1070. The quantitative estimate of drug-likeness (QED) is 0.576. The topological polar surface area (TPSA) is 80.8 Å². The molecule has 0 bridgehead atoms. The van der Waals surface area contributed by atoms with Crippen molar-refractivity contribution in [3.8, 4) is 5.75 Å². The van der Waals surface area contributed by atoms with Crippen LogP contribution in [-0.4, -0.2) is 43.7 Å². The maximum Gasteiger partial charge on any atom is 0.338 e.